The molecule has 1 atom stereocenters. The second-order valence-electron chi connectivity index (χ2n) is 7.46. The Balaban J connectivity index is 1.91. The number of rotatable bonds is 8. The number of non-ortho nitro benzene ring substituents is 1. The van der Waals surface area contributed by atoms with Crippen LogP contribution < -0.4 is 10.2 Å². The van der Waals surface area contributed by atoms with Crippen LogP contribution in [0.2, 0.25) is 5.02 Å². The number of halogens is 1. The molecule has 3 aromatic rings. The zero-order valence-electron chi connectivity index (χ0n) is 18.5. The lowest BCUT2D eigenvalue weighted by Gasteiger charge is -2.19. The highest BCUT2D eigenvalue weighted by Crippen LogP contribution is 2.31. The SMILES string of the molecule is CN(C)c1ccc(C(=O)OC(C(=O)Nc2ccc([N+](=O)[O-])cc2Cl)c2ccccc2)cc1[N+](=O)[O-]. The predicted molar refractivity (Wildman–Crippen MR) is 129 cm³/mol. The van der Waals surface area contributed by atoms with Crippen molar-refractivity contribution in [3.63, 3.8) is 0 Å². The van der Waals surface area contributed by atoms with E-state index in [-0.39, 0.29) is 33.3 Å². The van der Waals surface area contributed by atoms with Gasteiger partial charge in [0.15, 0.2) is 0 Å². The van der Waals surface area contributed by atoms with E-state index in [4.69, 9.17) is 16.3 Å². The molecule has 0 aliphatic heterocycles. The summed E-state index contributed by atoms with van der Waals surface area (Å²) in [4.78, 5) is 48.6. The lowest BCUT2D eigenvalue weighted by Crippen LogP contribution is -2.26. The first kappa shape index (κ1) is 25.1. The minimum Gasteiger partial charge on any atom is -0.444 e. The Labute approximate surface area is 204 Å². The molecular weight excluding hydrogens is 480 g/mol. The van der Waals surface area contributed by atoms with E-state index in [2.05, 4.69) is 5.32 Å². The number of hydrogen-bond donors (Lipinski definition) is 1. The first-order valence-electron chi connectivity index (χ1n) is 10.0. The number of amides is 1. The molecule has 180 valence electrons. The molecule has 0 aliphatic carbocycles. The minimum atomic E-state index is -1.44. The van der Waals surface area contributed by atoms with E-state index in [0.717, 1.165) is 18.2 Å². The quantitative estimate of drug-likeness (QED) is 0.266. The van der Waals surface area contributed by atoms with Crippen LogP contribution in [0.1, 0.15) is 22.0 Å². The number of ether oxygens (including phenoxy) is 1. The fourth-order valence-corrected chi connectivity index (χ4v) is 3.39. The van der Waals surface area contributed by atoms with Crippen molar-refractivity contribution in [2.75, 3.05) is 24.3 Å². The summed E-state index contributed by atoms with van der Waals surface area (Å²) in [5.74, 6) is -1.74. The van der Waals surface area contributed by atoms with E-state index >= 15 is 0 Å². The smallest absolute Gasteiger partial charge is 0.339 e. The van der Waals surface area contributed by atoms with Gasteiger partial charge in [-0.2, -0.15) is 0 Å². The van der Waals surface area contributed by atoms with Gasteiger partial charge in [-0.05, 0) is 18.2 Å². The van der Waals surface area contributed by atoms with Gasteiger partial charge in [-0.25, -0.2) is 4.79 Å². The average molecular weight is 499 g/mol. The van der Waals surface area contributed by atoms with Crippen LogP contribution in [0.3, 0.4) is 0 Å². The van der Waals surface area contributed by atoms with Crippen molar-refractivity contribution in [3.05, 3.63) is 103 Å². The first-order chi connectivity index (χ1) is 16.6. The summed E-state index contributed by atoms with van der Waals surface area (Å²) in [6, 6.07) is 15.4. The van der Waals surface area contributed by atoms with Gasteiger partial charge in [-0.3, -0.25) is 25.0 Å². The van der Waals surface area contributed by atoms with Crippen LogP contribution in [0.4, 0.5) is 22.7 Å². The zero-order valence-corrected chi connectivity index (χ0v) is 19.3. The monoisotopic (exact) mass is 498 g/mol. The molecule has 3 aromatic carbocycles. The van der Waals surface area contributed by atoms with Crippen molar-refractivity contribution in [1.82, 2.24) is 0 Å². The lowest BCUT2D eigenvalue weighted by molar-refractivity contribution is -0.384. The summed E-state index contributed by atoms with van der Waals surface area (Å²) in [6.45, 7) is 0. The Bertz CT molecular complexity index is 1300. The van der Waals surface area contributed by atoms with Crippen LogP contribution in [0, 0.1) is 20.2 Å². The topological polar surface area (TPSA) is 145 Å². The molecule has 3 rings (SSSR count). The van der Waals surface area contributed by atoms with E-state index in [9.17, 15) is 29.8 Å². The molecule has 1 amide bonds. The van der Waals surface area contributed by atoms with Gasteiger partial charge >= 0.3 is 5.97 Å². The largest absolute Gasteiger partial charge is 0.444 e. The number of nitro groups is 2. The third kappa shape index (κ3) is 5.89. The van der Waals surface area contributed by atoms with Crippen molar-refractivity contribution in [2.45, 2.75) is 6.10 Å². The molecule has 1 N–H and O–H groups in total. The number of nitrogens with zero attached hydrogens (tertiary/aromatic N) is 3. The number of benzene rings is 3. The van der Waals surface area contributed by atoms with Crippen molar-refractivity contribution in [1.29, 1.82) is 0 Å². The number of anilines is 2. The highest BCUT2D eigenvalue weighted by Gasteiger charge is 2.28. The molecule has 0 spiro atoms. The molecule has 0 saturated carbocycles. The molecule has 0 aromatic heterocycles. The Hall–Kier alpha value is -4.51. The van der Waals surface area contributed by atoms with Gasteiger partial charge in [0.2, 0.25) is 6.10 Å². The molecule has 0 aliphatic rings. The van der Waals surface area contributed by atoms with E-state index < -0.39 is 27.8 Å². The molecule has 1 unspecified atom stereocenters. The Morgan fingerprint density at radius 1 is 0.971 bits per heavy atom. The highest BCUT2D eigenvalue weighted by atomic mass is 35.5. The summed E-state index contributed by atoms with van der Waals surface area (Å²) in [5, 5.41) is 24.8. The average Bonchev–Trinajstić information content (AvgIpc) is 2.83. The standard InChI is InChI=1S/C23H19ClN4O7/c1-26(2)19-11-8-15(12-20(19)28(33)34)23(30)35-21(14-6-4-3-5-7-14)22(29)25-18-10-9-16(27(31)32)13-17(18)24/h3-13,21H,1-2H3,(H,25,29). The van der Waals surface area contributed by atoms with E-state index in [1.165, 1.54) is 23.1 Å². The van der Waals surface area contributed by atoms with Crippen molar-refractivity contribution >= 4 is 46.2 Å². The van der Waals surface area contributed by atoms with Gasteiger partial charge < -0.3 is 15.0 Å². The van der Waals surface area contributed by atoms with Gasteiger partial charge in [0.1, 0.15) is 5.69 Å². The number of carbonyl (C=O) groups is 2. The molecule has 11 nitrogen and oxygen atoms in total. The molecule has 0 fully saturated rings. The van der Waals surface area contributed by atoms with Crippen LogP contribution in [0.15, 0.2) is 66.7 Å². The maximum absolute atomic E-state index is 13.1. The van der Waals surface area contributed by atoms with Gasteiger partial charge in [0.05, 0.1) is 26.1 Å². The predicted octanol–water partition coefficient (Wildman–Crippen LogP) is 4.76. The maximum Gasteiger partial charge on any atom is 0.339 e. The zero-order chi connectivity index (χ0) is 25.7. The number of nitrogens with one attached hydrogen (secondary N) is 1. The summed E-state index contributed by atoms with van der Waals surface area (Å²) in [5.41, 5.74) is 0.00626. The van der Waals surface area contributed by atoms with Gasteiger partial charge in [0, 0.05) is 37.9 Å². The fraction of sp³-hybridized carbons (Fsp3) is 0.130. The molecular formula is C23H19ClN4O7. The van der Waals surface area contributed by atoms with Gasteiger partial charge in [-0.1, -0.05) is 41.9 Å². The normalized spacial score (nSPS) is 11.3. The van der Waals surface area contributed by atoms with Crippen LogP contribution in [-0.2, 0) is 9.53 Å². The maximum atomic E-state index is 13.1. The first-order valence-corrected chi connectivity index (χ1v) is 10.4. The summed E-state index contributed by atoms with van der Waals surface area (Å²) in [6.07, 6.45) is -1.44. The fourth-order valence-electron chi connectivity index (χ4n) is 3.17. The Morgan fingerprint density at radius 3 is 2.23 bits per heavy atom. The van der Waals surface area contributed by atoms with Crippen LogP contribution in [0.5, 0.6) is 0 Å². The summed E-state index contributed by atoms with van der Waals surface area (Å²) in [7, 11) is 3.25. The molecule has 0 saturated heterocycles. The summed E-state index contributed by atoms with van der Waals surface area (Å²) >= 11 is 6.06. The number of carbonyl (C=O) groups excluding carboxylic acids is 2. The molecule has 0 heterocycles. The van der Waals surface area contributed by atoms with Crippen molar-refractivity contribution in [2.24, 2.45) is 0 Å². The lowest BCUT2D eigenvalue weighted by atomic mass is 10.1. The third-order valence-corrected chi connectivity index (χ3v) is 5.19. The number of esters is 1. The number of nitro benzene ring substituents is 2. The van der Waals surface area contributed by atoms with E-state index in [0.29, 0.717) is 5.56 Å². The van der Waals surface area contributed by atoms with Gasteiger partial charge in [0.25, 0.3) is 17.3 Å². The summed E-state index contributed by atoms with van der Waals surface area (Å²) < 4.78 is 5.46. The molecule has 12 heteroatoms. The van der Waals surface area contributed by atoms with Crippen LogP contribution >= 0.6 is 11.6 Å². The highest BCUT2D eigenvalue weighted by molar-refractivity contribution is 6.34. The molecule has 0 radical (unpaired) electrons. The number of hydrogen-bond acceptors (Lipinski definition) is 8. The molecule has 0 bridgehead atoms. The van der Waals surface area contributed by atoms with Crippen molar-refractivity contribution in [3.8, 4) is 0 Å². The second kappa shape index (κ2) is 10.6. The third-order valence-electron chi connectivity index (χ3n) is 4.88. The second-order valence-corrected chi connectivity index (χ2v) is 7.87. The van der Waals surface area contributed by atoms with E-state index in [1.54, 1.807) is 44.4 Å². The van der Waals surface area contributed by atoms with E-state index in [1.807, 2.05) is 0 Å². The molecule has 35 heavy (non-hydrogen) atoms. The van der Waals surface area contributed by atoms with Crippen LogP contribution in [-0.4, -0.2) is 35.8 Å². The minimum absolute atomic E-state index is 0.0743. The van der Waals surface area contributed by atoms with Crippen LogP contribution in [0.25, 0.3) is 0 Å². The Morgan fingerprint density at radius 2 is 1.66 bits per heavy atom. The Kier molecular flexibility index (Phi) is 7.62. The van der Waals surface area contributed by atoms with Crippen molar-refractivity contribution < 1.29 is 24.2 Å². The van der Waals surface area contributed by atoms with Gasteiger partial charge in [-0.15, -0.1) is 0 Å².